The van der Waals surface area contributed by atoms with E-state index in [1.54, 1.807) is 12.1 Å². The van der Waals surface area contributed by atoms with Gasteiger partial charge in [-0.3, -0.25) is 0 Å². The van der Waals surface area contributed by atoms with Crippen LogP contribution in [0.5, 0.6) is 0 Å². The molecule has 2 aliphatic rings. The van der Waals surface area contributed by atoms with Crippen LogP contribution in [0, 0.1) is 5.41 Å². The van der Waals surface area contributed by atoms with Gasteiger partial charge in [-0.25, -0.2) is 8.42 Å². The number of halogens is 1. The first-order chi connectivity index (χ1) is 9.73. The molecule has 21 heavy (non-hydrogen) atoms. The van der Waals surface area contributed by atoms with Gasteiger partial charge in [-0.2, -0.15) is 4.31 Å². The van der Waals surface area contributed by atoms with Crippen molar-refractivity contribution in [1.29, 1.82) is 0 Å². The molecule has 1 aromatic carbocycles. The molecule has 0 radical (unpaired) electrons. The topological polar surface area (TPSA) is 55.8 Å². The lowest BCUT2D eigenvalue weighted by Gasteiger charge is -2.53. The highest BCUT2D eigenvalue weighted by atomic mass is 35.5. The van der Waals surface area contributed by atoms with E-state index in [2.05, 4.69) is 0 Å². The quantitative estimate of drug-likeness (QED) is 0.833. The first-order valence-corrected chi connectivity index (χ1v) is 8.58. The van der Waals surface area contributed by atoms with E-state index in [0.717, 1.165) is 0 Å². The molecular weight excluding hydrogens is 314 g/mol. The maximum atomic E-state index is 12.5. The van der Waals surface area contributed by atoms with E-state index in [1.807, 2.05) is 13.8 Å². The average molecular weight is 332 g/mol. The summed E-state index contributed by atoms with van der Waals surface area (Å²) in [6.45, 7) is 5.61. The monoisotopic (exact) mass is 331 g/mol. The molecule has 5 nitrogen and oxygen atoms in total. The molecule has 0 aliphatic carbocycles. The van der Waals surface area contributed by atoms with E-state index in [0.29, 0.717) is 31.3 Å². The van der Waals surface area contributed by atoms with Crippen LogP contribution in [0.3, 0.4) is 0 Å². The maximum absolute atomic E-state index is 12.5. The fraction of sp³-hybridized carbons (Fsp3) is 0.571. The second kappa shape index (κ2) is 4.93. The molecule has 2 aliphatic heterocycles. The average Bonchev–Trinajstić information content (AvgIpc) is 2.37. The summed E-state index contributed by atoms with van der Waals surface area (Å²) in [6, 6.07) is 6.22. The van der Waals surface area contributed by atoms with E-state index in [4.69, 9.17) is 21.1 Å². The number of rotatable bonds is 2. The van der Waals surface area contributed by atoms with Crippen LogP contribution in [0.4, 0.5) is 0 Å². The standard InChI is InChI=1S/C14H18ClNO4S/c1-13(2)19-9-14(10-20-13)7-16(8-14)21(17,18)12-5-3-11(15)4-6-12/h3-6H,7-10H2,1-2H3. The van der Waals surface area contributed by atoms with Gasteiger partial charge in [-0.05, 0) is 38.1 Å². The van der Waals surface area contributed by atoms with Gasteiger partial charge in [-0.15, -0.1) is 0 Å². The molecule has 0 bridgehead atoms. The lowest BCUT2D eigenvalue weighted by atomic mass is 9.82. The van der Waals surface area contributed by atoms with Crippen LogP contribution >= 0.6 is 11.6 Å². The second-order valence-corrected chi connectivity index (χ2v) is 8.58. The van der Waals surface area contributed by atoms with E-state index in [9.17, 15) is 8.42 Å². The molecule has 2 saturated heterocycles. The zero-order valence-electron chi connectivity index (χ0n) is 12.0. The van der Waals surface area contributed by atoms with Crippen molar-refractivity contribution in [3.8, 4) is 0 Å². The smallest absolute Gasteiger partial charge is 0.243 e. The van der Waals surface area contributed by atoms with Gasteiger partial charge in [0.1, 0.15) is 0 Å². The summed E-state index contributed by atoms with van der Waals surface area (Å²) in [5, 5.41) is 0.519. The van der Waals surface area contributed by atoms with Crippen LogP contribution < -0.4 is 0 Å². The number of hydrogen-bond acceptors (Lipinski definition) is 4. The zero-order valence-corrected chi connectivity index (χ0v) is 13.6. The molecule has 0 saturated carbocycles. The van der Waals surface area contributed by atoms with Gasteiger partial charge in [0.25, 0.3) is 0 Å². The lowest BCUT2D eigenvalue weighted by molar-refractivity contribution is -0.299. The van der Waals surface area contributed by atoms with E-state index in [1.165, 1.54) is 16.4 Å². The Morgan fingerprint density at radius 1 is 1.10 bits per heavy atom. The molecule has 116 valence electrons. The Hall–Kier alpha value is -0.660. The molecule has 3 rings (SSSR count). The van der Waals surface area contributed by atoms with Crippen molar-refractivity contribution >= 4 is 21.6 Å². The Morgan fingerprint density at radius 2 is 1.62 bits per heavy atom. The van der Waals surface area contributed by atoms with E-state index < -0.39 is 15.8 Å². The SMILES string of the molecule is CC1(C)OCC2(CO1)CN(S(=O)(=O)c1ccc(Cl)cc1)C2. The van der Waals surface area contributed by atoms with Gasteiger partial charge in [0.05, 0.1) is 18.1 Å². The Kier molecular flexibility index (Phi) is 3.58. The van der Waals surface area contributed by atoms with Gasteiger partial charge in [0.2, 0.25) is 10.0 Å². The summed E-state index contributed by atoms with van der Waals surface area (Å²) in [5.41, 5.74) is -0.213. The Labute approximate surface area is 129 Å². The predicted molar refractivity (Wildman–Crippen MR) is 78.6 cm³/mol. The first-order valence-electron chi connectivity index (χ1n) is 6.76. The van der Waals surface area contributed by atoms with Crippen LogP contribution in [-0.2, 0) is 19.5 Å². The molecule has 0 atom stereocenters. The summed E-state index contributed by atoms with van der Waals surface area (Å²) in [5.74, 6) is -0.583. The molecule has 0 N–H and O–H groups in total. The van der Waals surface area contributed by atoms with Crippen LogP contribution in [0.15, 0.2) is 29.2 Å². The van der Waals surface area contributed by atoms with Crippen LogP contribution in [0.1, 0.15) is 13.8 Å². The summed E-state index contributed by atoms with van der Waals surface area (Å²) >= 11 is 5.79. The molecule has 7 heteroatoms. The van der Waals surface area contributed by atoms with E-state index in [-0.39, 0.29) is 10.3 Å². The first kappa shape index (κ1) is 15.2. The zero-order chi connectivity index (χ0) is 15.3. The summed E-state index contributed by atoms with van der Waals surface area (Å²) < 4.78 is 37.7. The Balaban J connectivity index is 1.70. The van der Waals surface area contributed by atoms with Crippen molar-refractivity contribution in [2.24, 2.45) is 5.41 Å². The molecule has 1 spiro atoms. The minimum atomic E-state index is -3.46. The summed E-state index contributed by atoms with van der Waals surface area (Å²) in [6.07, 6.45) is 0. The predicted octanol–water partition coefficient (Wildman–Crippen LogP) is 2.11. The number of hydrogen-bond donors (Lipinski definition) is 0. The summed E-state index contributed by atoms with van der Waals surface area (Å²) in [7, 11) is -3.46. The van der Waals surface area contributed by atoms with Gasteiger partial charge in [0, 0.05) is 23.5 Å². The Bertz CT molecular complexity index is 623. The molecule has 2 fully saturated rings. The second-order valence-electron chi connectivity index (χ2n) is 6.20. The third-order valence-electron chi connectivity index (χ3n) is 3.93. The highest BCUT2D eigenvalue weighted by Gasteiger charge is 2.52. The molecule has 0 unspecified atom stereocenters. The third-order valence-corrected chi connectivity index (χ3v) is 5.98. The van der Waals surface area contributed by atoms with Gasteiger partial charge < -0.3 is 9.47 Å². The minimum absolute atomic E-state index is 0.213. The molecule has 0 aromatic heterocycles. The lowest BCUT2D eigenvalue weighted by Crippen LogP contribution is -2.65. The van der Waals surface area contributed by atoms with Crippen LogP contribution in [0.25, 0.3) is 0 Å². The van der Waals surface area contributed by atoms with Crippen molar-refractivity contribution in [3.63, 3.8) is 0 Å². The number of benzene rings is 1. The van der Waals surface area contributed by atoms with Crippen LogP contribution in [-0.4, -0.2) is 44.8 Å². The molecule has 1 aromatic rings. The largest absolute Gasteiger partial charge is 0.350 e. The Morgan fingerprint density at radius 3 is 2.14 bits per heavy atom. The van der Waals surface area contributed by atoms with Gasteiger partial charge in [-0.1, -0.05) is 11.6 Å². The molecule has 2 heterocycles. The highest BCUT2D eigenvalue weighted by Crippen LogP contribution is 2.40. The van der Waals surface area contributed by atoms with Crippen molar-refractivity contribution in [3.05, 3.63) is 29.3 Å². The van der Waals surface area contributed by atoms with Crippen LogP contribution in [0.2, 0.25) is 5.02 Å². The fourth-order valence-corrected chi connectivity index (χ4v) is 4.34. The highest BCUT2D eigenvalue weighted by molar-refractivity contribution is 7.89. The maximum Gasteiger partial charge on any atom is 0.243 e. The summed E-state index contributed by atoms with van der Waals surface area (Å²) in [4.78, 5) is 0.264. The fourth-order valence-electron chi connectivity index (χ4n) is 2.55. The number of ether oxygens (including phenoxy) is 2. The van der Waals surface area contributed by atoms with Crippen molar-refractivity contribution in [2.75, 3.05) is 26.3 Å². The molecular formula is C14H18ClNO4S. The number of nitrogens with zero attached hydrogens (tertiary/aromatic N) is 1. The van der Waals surface area contributed by atoms with Crippen molar-refractivity contribution in [2.45, 2.75) is 24.5 Å². The van der Waals surface area contributed by atoms with Gasteiger partial charge >= 0.3 is 0 Å². The molecule has 0 amide bonds. The van der Waals surface area contributed by atoms with Crippen molar-refractivity contribution in [1.82, 2.24) is 4.31 Å². The van der Waals surface area contributed by atoms with Gasteiger partial charge in [0.15, 0.2) is 5.79 Å². The van der Waals surface area contributed by atoms with Crippen molar-refractivity contribution < 1.29 is 17.9 Å². The normalized spacial score (nSPS) is 24.7. The van der Waals surface area contributed by atoms with E-state index >= 15 is 0 Å². The number of sulfonamides is 1. The third kappa shape index (κ3) is 2.83. The minimum Gasteiger partial charge on any atom is -0.350 e.